The second kappa shape index (κ2) is 6.77. The molecule has 2 aromatic rings. The van der Waals surface area contributed by atoms with Crippen LogP contribution in [0.2, 0.25) is 0 Å². The Bertz CT molecular complexity index is 697. The van der Waals surface area contributed by atoms with Crippen molar-refractivity contribution in [3.05, 3.63) is 65.7 Å². The van der Waals surface area contributed by atoms with E-state index in [1.165, 1.54) is 18.4 Å². The van der Waals surface area contributed by atoms with Gasteiger partial charge in [0, 0.05) is 18.5 Å². The van der Waals surface area contributed by atoms with Crippen molar-refractivity contribution in [2.24, 2.45) is 16.6 Å². The maximum atomic E-state index is 13.6. The van der Waals surface area contributed by atoms with E-state index in [0.29, 0.717) is 18.4 Å². The summed E-state index contributed by atoms with van der Waals surface area (Å²) in [5.41, 5.74) is 7.06. The lowest BCUT2D eigenvalue weighted by atomic mass is 9.94. The predicted octanol–water partition coefficient (Wildman–Crippen LogP) is 3.89. The summed E-state index contributed by atoms with van der Waals surface area (Å²) < 4.78 is 26.8. The van der Waals surface area contributed by atoms with Crippen molar-refractivity contribution >= 4 is 11.6 Å². The van der Waals surface area contributed by atoms with Crippen LogP contribution in [0, 0.1) is 17.6 Å². The maximum absolute atomic E-state index is 13.6. The predicted molar refractivity (Wildman–Crippen MR) is 88.4 cm³/mol. The number of rotatable bonds is 5. The van der Waals surface area contributed by atoms with Gasteiger partial charge in [-0.2, -0.15) is 0 Å². The molecule has 0 heterocycles. The molecule has 1 atom stereocenters. The Balaban J connectivity index is 1.69. The van der Waals surface area contributed by atoms with E-state index in [1.54, 1.807) is 0 Å². The number of anilines is 1. The van der Waals surface area contributed by atoms with Crippen LogP contribution in [0.25, 0.3) is 0 Å². The molecule has 0 aromatic heterocycles. The summed E-state index contributed by atoms with van der Waals surface area (Å²) in [4.78, 5) is 4.32. The molecular formula is C18H19F2N3. The standard InChI is InChI=1S/C18H19F2N3/c19-14-8-9-16(20)17(10-14)23-18(21)22-11-15(13-6-7-13)12-4-2-1-3-5-12/h1-5,8-10,13,15H,6-7,11H2,(H3,21,22,23). The van der Waals surface area contributed by atoms with Crippen LogP contribution in [-0.2, 0) is 0 Å². The van der Waals surface area contributed by atoms with E-state index in [4.69, 9.17) is 5.73 Å². The minimum atomic E-state index is -0.564. The van der Waals surface area contributed by atoms with Crippen LogP contribution in [0.1, 0.15) is 24.3 Å². The Labute approximate surface area is 134 Å². The van der Waals surface area contributed by atoms with E-state index in [1.807, 2.05) is 18.2 Å². The molecule has 1 aliphatic rings. The van der Waals surface area contributed by atoms with Crippen molar-refractivity contribution in [3.63, 3.8) is 0 Å². The van der Waals surface area contributed by atoms with Crippen molar-refractivity contribution in [2.75, 3.05) is 11.9 Å². The van der Waals surface area contributed by atoms with Crippen molar-refractivity contribution in [2.45, 2.75) is 18.8 Å². The highest BCUT2D eigenvalue weighted by atomic mass is 19.1. The van der Waals surface area contributed by atoms with Gasteiger partial charge in [0.15, 0.2) is 5.96 Å². The number of hydrogen-bond donors (Lipinski definition) is 2. The molecule has 0 spiro atoms. The number of benzene rings is 2. The molecular weight excluding hydrogens is 296 g/mol. The molecule has 0 saturated heterocycles. The minimum absolute atomic E-state index is 0.00562. The Hall–Kier alpha value is -2.43. The summed E-state index contributed by atoms with van der Waals surface area (Å²) in [6, 6.07) is 13.4. The Morgan fingerprint density at radius 3 is 2.61 bits per heavy atom. The van der Waals surface area contributed by atoms with Gasteiger partial charge in [-0.05, 0) is 36.5 Å². The second-order valence-electron chi connectivity index (χ2n) is 5.83. The molecule has 23 heavy (non-hydrogen) atoms. The summed E-state index contributed by atoms with van der Waals surface area (Å²) in [5.74, 6) is -0.0574. The van der Waals surface area contributed by atoms with Gasteiger partial charge in [-0.1, -0.05) is 30.3 Å². The van der Waals surface area contributed by atoms with Crippen LogP contribution in [0.3, 0.4) is 0 Å². The van der Waals surface area contributed by atoms with Gasteiger partial charge >= 0.3 is 0 Å². The number of aliphatic imine (C=N–C) groups is 1. The Morgan fingerprint density at radius 1 is 1.17 bits per heavy atom. The van der Waals surface area contributed by atoms with Crippen LogP contribution in [0.4, 0.5) is 14.5 Å². The Morgan fingerprint density at radius 2 is 1.91 bits per heavy atom. The van der Waals surface area contributed by atoms with Crippen molar-refractivity contribution < 1.29 is 8.78 Å². The highest BCUT2D eigenvalue weighted by molar-refractivity contribution is 5.92. The van der Waals surface area contributed by atoms with E-state index in [0.717, 1.165) is 18.2 Å². The Kier molecular flexibility index (Phi) is 4.55. The minimum Gasteiger partial charge on any atom is -0.370 e. The molecule has 5 heteroatoms. The van der Waals surface area contributed by atoms with E-state index in [2.05, 4.69) is 22.4 Å². The topological polar surface area (TPSA) is 50.4 Å². The zero-order chi connectivity index (χ0) is 16.2. The van der Waals surface area contributed by atoms with Gasteiger partial charge in [-0.15, -0.1) is 0 Å². The normalized spacial score (nSPS) is 16.2. The zero-order valence-corrected chi connectivity index (χ0v) is 12.7. The number of nitrogens with two attached hydrogens (primary N) is 1. The lowest BCUT2D eigenvalue weighted by molar-refractivity contribution is 0.603. The van der Waals surface area contributed by atoms with Gasteiger partial charge in [-0.3, -0.25) is 4.99 Å². The molecule has 0 aliphatic heterocycles. The fourth-order valence-corrected chi connectivity index (χ4v) is 2.69. The fourth-order valence-electron chi connectivity index (χ4n) is 2.69. The van der Waals surface area contributed by atoms with Crippen LogP contribution < -0.4 is 11.1 Å². The first-order valence-electron chi connectivity index (χ1n) is 7.70. The molecule has 2 aromatic carbocycles. The van der Waals surface area contributed by atoms with E-state index in [-0.39, 0.29) is 11.6 Å². The summed E-state index contributed by atoms with van der Waals surface area (Å²) in [6.45, 7) is 0.532. The molecule has 1 aliphatic carbocycles. The van der Waals surface area contributed by atoms with Gasteiger partial charge in [0.1, 0.15) is 11.6 Å². The largest absolute Gasteiger partial charge is 0.370 e. The number of guanidine groups is 1. The average molecular weight is 315 g/mol. The third-order valence-corrected chi connectivity index (χ3v) is 4.07. The third kappa shape index (κ3) is 4.06. The first kappa shape index (κ1) is 15.5. The van der Waals surface area contributed by atoms with Crippen LogP contribution in [0.15, 0.2) is 53.5 Å². The number of halogens is 2. The molecule has 3 nitrogen and oxygen atoms in total. The highest BCUT2D eigenvalue weighted by Crippen LogP contribution is 2.42. The SMILES string of the molecule is NC(=NCC(c1ccccc1)C1CC1)Nc1cc(F)ccc1F. The van der Waals surface area contributed by atoms with Crippen molar-refractivity contribution in [1.82, 2.24) is 0 Å². The summed E-state index contributed by atoms with van der Waals surface area (Å²) >= 11 is 0. The fraction of sp³-hybridized carbons (Fsp3) is 0.278. The molecule has 1 fully saturated rings. The molecule has 120 valence electrons. The molecule has 1 unspecified atom stereocenters. The quantitative estimate of drug-likeness (QED) is 0.650. The van der Waals surface area contributed by atoms with Crippen LogP contribution >= 0.6 is 0 Å². The lowest BCUT2D eigenvalue weighted by Gasteiger charge is -2.15. The van der Waals surface area contributed by atoms with Gasteiger partial charge in [0.2, 0.25) is 0 Å². The average Bonchev–Trinajstić information content (AvgIpc) is 3.37. The van der Waals surface area contributed by atoms with Gasteiger partial charge in [0.25, 0.3) is 0 Å². The lowest BCUT2D eigenvalue weighted by Crippen LogP contribution is -2.24. The molecule has 1 saturated carbocycles. The molecule has 3 rings (SSSR count). The number of nitrogens with one attached hydrogen (secondary N) is 1. The molecule has 0 amide bonds. The van der Waals surface area contributed by atoms with Crippen molar-refractivity contribution in [1.29, 1.82) is 0 Å². The molecule has 0 radical (unpaired) electrons. The third-order valence-electron chi connectivity index (χ3n) is 4.07. The monoisotopic (exact) mass is 315 g/mol. The second-order valence-corrected chi connectivity index (χ2v) is 5.83. The van der Waals surface area contributed by atoms with Gasteiger partial charge in [0.05, 0.1) is 5.69 Å². The van der Waals surface area contributed by atoms with E-state index in [9.17, 15) is 8.78 Å². The van der Waals surface area contributed by atoms with Crippen molar-refractivity contribution in [3.8, 4) is 0 Å². The number of nitrogens with zero attached hydrogens (tertiary/aromatic N) is 1. The van der Waals surface area contributed by atoms with E-state index < -0.39 is 11.6 Å². The van der Waals surface area contributed by atoms with Gasteiger partial charge in [-0.25, -0.2) is 8.78 Å². The summed E-state index contributed by atoms with van der Waals surface area (Å²) in [7, 11) is 0. The highest BCUT2D eigenvalue weighted by Gasteiger charge is 2.31. The van der Waals surface area contributed by atoms with Crippen LogP contribution in [0.5, 0.6) is 0 Å². The summed E-state index contributed by atoms with van der Waals surface area (Å²) in [5, 5.41) is 2.63. The first-order valence-corrected chi connectivity index (χ1v) is 7.70. The van der Waals surface area contributed by atoms with Crippen LogP contribution in [-0.4, -0.2) is 12.5 Å². The first-order chi connectivity index (χ1) is 11.1. The molecule has 3 N–H and O–H groups in total. The zero-order valence-electron chi connectivity index (χ0n) is 12.7. The maximum Gasteiger partial charge on any atom is 0.193 e. The van der Waals surface area contributed by atoms with Gasteiger partial charge < -0.3 is 11.1 Å². The smallest absolute Gasteiger partial charge is 0.193 e. The number of hydrogen-bond acceptors (Lipinski definition) is 1. The summed E-state index contributed by atoms with van der Waals surface area (Å²) in [6.07, 6.45) is 2.39. The molecule has 0 bridgehead atoms. The van der Waals surface area contributed by atoms with E-state index >= 15 is 0 Å².